The van der Waals surface area contributed by atoms with Crippen LogP contribution in [0, 0.1) is 0 Å². The maximum atomic E-state index is 13.0. The molecule has 7 nitrogen and oxygen atoms in total. The Kier molecular flexibility index (Phi) is 4.81. The van der Waals surface area contributed by atoms with Crippen LogP contribution in [-0.2, 0) is 5.75 Å². The minimum absolute atomic E-state index is 0.0285. The second-order valence-corrected chi connectivity index (χ2v) is 7.05. The topological polar surface area (TPSA) is 86.9 Å². The van der Waals surface area contributed by atoms with Gasteiger partial charge in [0, 0.05) is 6.04 Å². The zero-order valence-electron chi connectivity index (χ0n) is 15.0. The lowest BCUT2D eigenvalue weighted by molar-refractivity contribution is 0.467. The van der Waals surface area contributed by atoms with Crippen LogP contribution >= 0.6 is 11.8 Å². The first-order valence-corrected chi connectivity index (χ1v) is 9.66. The third kappa shape index (κ3) is 3.40. The molecule has 1 atom stereocenters. The van der Waals surface area contributed by atoms with Crippen LogP contribution in [-0.4, -0.2) is 19.7 Å². The van der Waals surface area contributed by atoms with Crippen molar-refractivity contribution in [3.05, 3.63) is 58.9 Å². The Bertz CT molecular complexity index is 1120. The smallest absolute Gasteiger partial charge is 0.283 e. The number of hydrogen-bond donors (Lipinski definition) is 0. The highest BCUT2D eigenvalue weighted by atomic mass is 32.2. The molecule has 0 radical (unpaired) electrons. The van der Waals surface area contributed by atoms with Gasteiger partial charge in [0.2, 0.25) is 5.89 Å². The van der Waals surface area contributed by atoms with Crippen LogP contribution < -0.4 is 5.56 Å². The molecule has 0 aliphatic carbocycles. The number of thioether (sulfide) groups is 1. The van der Waals surface area contributed by atoms with Gasteiger partial charge in [0.25, 0.3) is 11.4 Å². The van der Waals surface area contributed by atoms with E-state index in [1.165, 1.54) is 11.8 Å². The van der Waals surface area contributed by atoms with Crippen molar-refractivity contribution in [1.82, 2.24) is 19.7 Å². The van der Waals surface area contributed by atoms with Crippen molar-refractivity contribution in [2.24, 2.45) is 0 Å². The SMILES string of the molecule is CC[C@H](C)n1c(SCc2nnc(-c3ccco3)o2)nc2ccccc2c1=O. The summed E-state index contributed by atoms with van der Waals surface area (Å²) in [6.45, 7) is 4.07. The summed E-state index contributed by atoms with van der Waals surface area (Å²) >= 11 is 1.41. The van der Waals surface area contributed by atoms with Crippen molar-refractivity contribution >= 4 is 22.7 Å². The Hall–Kier alpha value is -2.87. The van der Waals surface area contributed by atoms with E-state index in [1.807, 2.05) is 38.1 Å². The molecule has 0 saturated carbocycles. The first-order valence-electron chi connectivity index (χ1n) is 8.67. The van der Waals surface area contributed by atoms with E-state index in [0.717, 1.165) is 6.42 Å². The van der Waals surface area contributed by atoms with Gasteiger partial charge in [-0.1, -0.05) is 30.8 Å². The molecular weight excluding hydrogens is 364 g/mol. The van der Waals surface area contributed by atoms with Gasteiger partial charge in [-0.3, -0.25) is 9.36 Å². The Balaban J connectivity index is 1.66. The van der Waals surface area contributed by atoms with Crippen molar-refractivity contribution in [3.63, 3.8) is 0 Å². The summed E-state index contributed by atoms with van der Waals surface area (Å²) in [5, 5.41) is 9.32. The summed E-state index contributed by atoms with van der Waals surface area (Å²) in [5.41, 5.74) is 0.658. The lowest BCUT2D eigenvalue weighted by atomic mass is 10.2. The first-order chi connectivity index (χ1) is 13.2. The minimum atomic E-state index is -0.0285. The normalized spacial score (nSPS) is 12.5. The summed E-state index contributed by atoms with van der Waals surface area (Å²) in [6.07, 6.45) is 2.38. The molecule has 0 fully saturated rings. The molecule has 0 saturated heterocycles. The molecule has 0 spiro atoms. The molecule has 4 rings (SSSR count). The zero-order chi connectivity index (χ0) is 18.8. The van der Waals surface area contributed by atoms with Gasteiger partial charge < -0.3 is 8.83 Å². The summed E-state index contributed by atoms with van der Waals surface area (Å²) in [5.74, 6) is 1.72. The molecule has 27 heavy (non-hydrogen) atoms. The van der Waals surface area contributed by atoms with Gasteiger partial charge in [-0.15, -0.1) is 10.2 Å². The van der Waals surface area contributed by atoms with Crippen molar-refractivity contribution < 1.29 is 8.83 Å². The Labute approximate surface area is 159 Å². The van der Waals surface area contributed by atoms with Crippen molar-refractivity contribution in [2.45, 2.75) is 37.2 Å². The number of aromatic nitrogens is 4. The van der Waals surface area contributed by atoms with Gasteiger partial charge in [0.15, 0.2) is 10.9 Å². The molecule has 0 N–H and O–H groups in total. The van der Waals surface area contributed by atoms with E-state index < -0.39 is 0 Å². The molecule has 4 aromatic rings. The standard InChI is InChI=1S/C19H18N4O3S/c1-3-12(2)23-18(24)13-7-4-5-8-14(13)20-19(23)27-11-16-21-22-17(26-16)15-9-6-10-25-15/h4-10,12H,3,11H2,1-2H3/t12-/m0/s1. The molecule has 1 aromatic carbocycles. The van der Waals surface area contributed by atoms with E-state index in [2.05, 4.69) is 10.2 Å². The zero-order valence-corrected chi connectivity index (χ0v) is 15.8. The fourth-order valence-electron chi connectivity index (χ4n) is 2.74. The molecule has 0 aliphatic heterocycles. The van der Waals surface area contributed by atoms with Crippen LogP contribution in [0.15, 0.2) is 61.4 Å². The Morgan fingerprint density at radius 2 is 2.04 bits per heavy atom. The van der Waals surface area contributed by atoms with E-state index in [4.69, 9.17) is 13.8 Å². The van der Waals surface area contributed by atoms with Crippen molar-refractivity contribution in [2.75, 3.05) is 0 Å². The number of para-hydroxylation sites is 1. The van der Waals surface area contributed by atoms with Gasteiger partial charge in [0.05, 0.1) is 22.9 Å². The molecular formula is C19H18N4O3S. The van der Waals surface area contributed by atoms with Crippen molar-refractivity contribution in [1.29, 1.82) is 0 Å². The van der Waals surface area contributed by atoms with E-state index in [9.17, 15) is 4.79 Å². The van der Waals surface area contributed by atoms with Crippen LogP contribution in [0.1, 0.15) is 32.2 Å². The highest BCUT2D eigenvalue weighted by Gasteiger charge is 2.17. The second kappa shape index (κ2) is 7.40. The molecule has 0 bridgehead atoms. The Morgan fingerprint density at radius 1 is 1.19 bits per heavy atom. The maximum Gasteiger partial charge on any atom is 0.283 e. The number of fused-ring (bicyclic) bond motifs is 1. The molecule has 0 unspecified atom stereocenters. The lowest BCUT2D eigenvalue weighted by Crippen LogP contribution is -2.26. The highest BCUT2D eigenvalue weighted by molar-refractivity contribution is 7.98. The van der Waals surface area contributed by atoms with E-state index in [1.54, 1.807) is 23.0 Å². The molecule has 138 valence electrons. The third-order valence-corrected chi connectivity index (χ3v) is 5.27. The molecule has 3 heterocycles. The quantitative estimate of drug-likeness (QED) is 0.363. The summed E-state index contributed by atoms with van der Waals surface area (Å²) in [7, 11) is 0. The van der Waals surface area contributed by atoms with Crippen molar-refractivity contribution in [3.8, 4) is 11.7 Å². The van der Waals surface area contributed by atoms with Gasteiger partial charge in [0.1, 0.15) is 0 Å². The predicted molar refractivity (Wildman–Crippen MR) is 103 cm³/mol. The molecule has 8 heteroatoms. The Morgan fingerprint density at radius 3 is 2.81 bits per heavy atom. The van der Waals surface area contributed by atoms with Gasteiger partial charge in [-0.25, -0.2) is 4.98 Å². The number of rotatable bonds is 6. The fraction of sp³-hybridized carbons (Fsp3) is 0.263. The first kappa shape index (κ1) is 17.5. The summed E-state index contributed by atoms with van der Waals surface area (Å²) < 4.78 is 12.7. The number of hydrogen-bond acceptors (Lipinski definition) is 7. The molecule has 0 aliphatic rings. The minimum Gasteiger partial charge on any atom is -0.459 e. The van der Waals surface area contributed by atoms with Gasteiger partial charge >= 0.3 is 0 Å². The van der Waals surface area contributed by atoms with Crippen LogP contribution in [0.5, 0.6) is 0 Å². The summed E-state index contributed by atoms with van der Waals surface area (Å²) in [6, 6.07) is 11.0. The van der Waals surface area contributed by atoms with E-state index in [-0.39, 0.29) is 11.6 Å². The van der Waals surface area contributed by atoms with Crippen LogP contribution in [0.4, 0.5) is 0 Å². The average Bonchev–Trinajstić information content (AvgIpc) is 3.37. The maximum absolute atomic E-state index is 13.0. The number of nitrogens with zero attached hydrogens (tertiary/aromatic N) is 4. The highest BCUT2D eigenvalue weighted by Crippen LogP contribution is 2.26. The number of benzene rings is 1. The lowest BCUT2D eigenvalue weighted by Gasteiger charge is -2.17. The van der Waals surface area contributed by atoms with Crippen LogP contribution in [0.3, 0.4) is 0 Å². The summed E-state index contributed by atoms with van der Waals surface area (Å²) in [4.78, 5) is 17.7. The van der Waals surface area contributed by atoms with E-state index in [0.29, 0.717) is 39.4 Å². The third-order valence-electron chi connectivity index (χ3n) is 4.33. The van der Waals surface area contributed by atoms with Crippen LogP contribution in [0.2, 0.25) is 0 Å². The second-order valence-electron chi connectivity index (χ2n) is 6.11. The fourth-order valence-corrected chi connectivity index (χ4v) is 3.67. The van der Waals surface area contributed by atoms with E-state index >= 15 is 0 Å². The number of furan rings is 1. The average molecular weight is 382 g/mol. The predicted octanol–water partition coefficient (Wildman–Crippen LogP) is 4.30. The monoisotopic (exact) mass is 382 g/mol. The van der Waals surface area contributed by atoms with Crippen LogP contribution in [0.25, 0.3) is 22.6 Å². The largest absolute Gasteiger partial charge is 0.459 e. The molecule has 3 aromatic heterocycles. The van der Waals surface area contributed by atoms with Gasteiger partial charge in [-0.05, 0) is 37.6 Å². The van der Waals surface area contributed by atoms with Gasteiger partial charge in [-0.2, -0.15) is 0 Å². The molecule has 0 amide bonds.